The third-order valence-corrected chi connectivity index (χ3v) is 7.22. The maximum Gasteiger partial charge on any atom is 0.509 e. The lowest BCUT2D eigenvalue weighted by Crippen LogP contribution is -2.56. The molecule has 0 bridgehead atoms. The molecule has 44 heavy (non-hydrogen) atoms. The van der Waals surface area contributed by atoms with Gasteiger partial charge >= 0.3 is 6.16 Å². The summed E-state index contributed by atoms with van der Waals surface area (Å²) in [7, 11) is 0. The summed E-state index contributed by atoms with van der Waals surface area (Å²) in [6.45, 7) is 7.79. The highest BCUT2D eigenvalue weighted by atomic mass is 16.7. The molecule has 12 heteroatoms. The van der Waals surface area contributed by atoms with Crippen molar-refractivity contribution in [3.63, 3.8) is 0 Å². The Kier molecular flexibility index (Phi) is 14.7. The number of amides is 2. The van der Waals surface area contributed by atoms with Crippen LogP contribution in [-0.4, -0.2) is 60.2 Å². The number of Topliss-reactive ketones (excluding diaryl/α,β-unsaturated/α-hetero) is 1. The molecule has 12 nitrogen and oxygen atoms in total. The summed E-state index contributed by atoms with van der Waals surface area (Å²) in [5.41, 5.74) is 23.7. The minimum Gasteiger partial charge on any atom is -0.429 e. The van der Waals surface area contributed by atoms with Crippen molar-refractivity contribution in [2.75, 3.05) is 6.54 Å². The van der Waals surface area contributed by atoms with E-state index in [9.17, 15) is 19.2 Å². The quantitative estimate of drug-likeness (QED) is 0.0851. The number of nitrogens with two attached hydrogens (primary N) is 4. The molecule has 244 valence electrons. The molecule has 10 N–H and O–H groups in total. The molecule has 2 amide bonds. The maximum absolute atomic E-state index is 14.1. The number of hydrogen-bond acceptors (Lipinski definition) is 10. The summed E-state index contributed by atoms with van der Waals surface area (Å²) in [6, 6.07) is 6.21. The van der Waals surface area contributed by atoms with E-state index in [4.69, 9.17) is 32.4 Å². The van der Waals surface area contributed by atoms with Crippen LogP contribution in [0.25, 0.3) is 0 Å². The zero-order valence-electron chi connectivity index (χ0n) is 26.3. The highest BCUT2D eigenvalue weighted by Crippen LogP contribution is 2.22. The van der Waals surface area contributed by atoms with Crippen LogP contribution in [0.4, 0.5) is 4.79 Å². The van der Waals surface area contributed by atoms with Gasteiger partial charge < -0.3 is 43.0 Å². The first-order chi connectivity index (χ1) is 20.7. The first-order valence-corrected chi connectivity index (χ1v) is 15.2. The van der Waals surface area contributed by atoms with Crippen molar-refractivity contribution in [1.82, 2.24) is 10.6 Å². The third kappa shape index (κ3) is 12.2. The standard InChI is InChI=1S/C32H50N6O6/c1-20(2)18-25(38-30(41)26(34)21(3)4)29(40)37-24(12-8-9-17-33)27(39)28(23-13-15-32(35,36)16-14-23)44-31(42)43-19-22-10-6-5-7-11-22/h5-7,10-11,13-15,20-21,24-26,28H,8-9,12,16-19,33-36H2,1-4H3,(H,37,40)(H,38,41)/t24-,25-,26+,28?/m0/s1. The molecule has 0 radical (unpaired) electrons. The molecule has 1 aliphatic rings. The summed E-state index contributed by atoms with van der Waals surface area (Å²) in [5.74, 6) is -1.67. The van der Waals surface area contributed by atoms with Gasteiger partial charge in [0.05, 0.1) is 17.7 Å². The van der Waals surface area contributed by atoms with Crippen molar-refractivity contribution in [2.24, 2.45) is 34.8 Å². The predicted molar refractivity (Wildman–Crippen MR) is 168 cm³/mol. The maximum atomic E-state index is 14.1. The lowest BCUT2D eigenvalue weighted by atomic mass is 9.90. The molecule has 0 aliphatic heterocycles. The SMILES string of the molecule is CC(C)C[C@H](NC(=O)[C@H](N)C(C)C)C(=O)N[C@@H](CCCCN)C(=O)C(OC(=O)OCc1ccccc1)C1=CCC(N)(N)C=C1. The molecular formula is C32H50N6O6. The van der Waals surface area contributed by atoms with Crippen LogP contribution in [-0.2, 0) is 30.5 Å². The van der Waals surface area contributed by atoms with Gasteiger partial charge in [0.25, 0.3) is 0 Å². The molecule has 0 saturated carbocycles. The first-order valence-electron chi connectivity index (χ1n) is 15.2. The van der Waals surface area contributed by atoms with E-state index in [0.29, 0.717) is 31.4 Å². The monoisotopic (exact) mass is 614 g/mol. The van der Waals surface area contributed by atoms with Crippen LogP contribution in [0.1, 0.15) is 65.4 Å². The predicted octanol–water partition coefficient (Wildman–Crippen LogP) is 1.91. The van der Waals surface area contributed by atoms with Gasteiger partial charge in [-0.2, -0.15) is 0 Å². The molecule has 0 spiro atoms. The fourth-order valence-electron chi connectivity index (χ4n) is 4.52. The van der Waals surface area contributed by atoms with Gasteiger partial charge in [-0.05, 0) is 61.3 Å². The van der Waals surface area contributed by atoms with Gasteiger partial charge in [0.15, 0.2) is 11.9 Å². The van der Waals surface area contributed by atoms with Crippen LogP contribution in [0.3, 0.4) is 0 Å². The molecule has 4 atom stereocenters. The van der Waals surface area contributed by atoms with Crippen LogP contribution < -0.4 is 33.6 Å². The molecule has 1 unspecified atom stereocenters. The normalized spacial score (nSPS) is 16.8. The second kappa shape index (κ2) is 17.6. The van der Waals surface area contributed by atoms with E-state index in [2.05, 4.69) is 10.6 Å². The number of carbonyl (C=O) groups is 4. The number of ether oxygens (including phenoxy) is 2. The van der Waals surface area contributed by atoms with Crippen molar-refractivity contribution in [1.29, 1.82) is 0 Å². The van der Waals surface area contributed by atoms with Crippen LogP contribution >= 0.6 is 0 Å². The number of ketones is 1. The minimum atomic E-state index is -1.42. The van der Waals surface area contributed by atoms with Crippen LogP contribution in [0.2, 0.25) is 0 Å². The Morgan fingerprint density at radius 2 is 1.61 bits per heavy atom. The number of unbranched alkanes of at least 4 members (excludes halogenated alkanes) is 1. The highest BCUT2D eigenvalue weighted by molar-refractivity contribution is 5.97. The first kappa shape index (κ1) is 36.6. The van der Waals surface area contributed by atoms with E-state index in [1.54, 1.807) is 30.3 Å². The molecule has 2 rings (SSSR count). The van der Waals surface area contributed by atoms with Crippen molar-refractivity contribution in [2.45, 2.75) is 96.3 Å². The summed E-state index contributed by atoms with van der Waals surface area (Å²) in [4.78, 5) is 53.2. The van der Waals surface area contributed by atoms with Gasteiger partial charge in [-0.3, -0.25) is 14.4 Å². The van der Waals surface area contributed by atoms with E-state index in [-0.39, 0.29) is 31.3 Å². The minimum absolute atomic E-state index is 0.0495. The number of nitrogens with one attached hydrogen (secondary N) is 2. The Labute approximate surface area is 260 Å². The number of carbonyl (C=O) groups excluding carboxylic acids is 4. The molecule has 0 aromatic heterocycles. The Morgan fingerprint density at radius 3 is 2.18 bits per heavy atom. The third-order valence-electron chi connectivity index (χ3n) is 7.22. The van der Waals surface area contributed by atoms with Crippen molar-refractivity contribution in [3.8, 4) is 0 Å². The van der Waals surface area contributed by atoms with Crippen LogP contribution in [0.15, 0.2) is 54.1 Å². The summed E-state index contributed by atoms with van der Waals surface area (Å²) in [6.07, 6.45) is 4.06. The fraction of sp³-hybridized carbons (Fsp3) is 0.562. The van der Waals surface area contributed by atoms with Crippen LogP contribution in [0.5, 0.6) is 0 Å². The summed E-state index contributed by atoms with van der Waals surface area (Å²) in [5, 5.41) is 5.55. The number of hydrogen-bond donors (Lipinski definition) is 6. The van der Waals surface area contributed by atoms with E-state index >= 15 is 0 Å². The second-order valence-corrected chi connectivity index (χ2v) is 12.1. The second-order valence-electron chi connectivity index (χ2n) is 12.1. The Hall–Kier alpha value is -3.58. The number of rotatable bonds is 17. The number of benzene rings is 1. The Balaban J connectivity index is 2.33. The average Bonchev–Trinajstić information content (AvgIpc) is 2.97. The largest absolute Gasteiger partial charge is 0.509 e. The van der Waals surface area contributed by atoms with E-state index in [0.717, 1.165) is 5.56 Å². The lowest BCUT2D eigenvalue weighted by molar-refractivity contribution is -0.135. The Morgan fingerprint density at radius 1 is 0.955 bits per heavy atom. The topological polar surface area (TPSA) is 215 Å². The zero-order valence-corrected chi connectivity index (χ0v) is 26.3. The molecule has 1 aliphatic carbocycles. The van der Waals surface area contributed by atoms with Crippen molar-refractivity contribution in [3.05, 3.63) is 59.7 Å². The molecule has 0 heterocycles. The highest BCUT2D eigenvalue weighted by Gasteiger charge is 2.36. The molecule has 1 aromatic rings. The van der Waals surface area contributed by atoms with Gasteiger partial charge in [-0.1, -0.05) is 70.2 Å². The van der Waals surface area contributed by atoms with Gasteiger partial charge in [0, 0.05) is 6.42 Å². The molecule has 0 saturated heterocycles. The van der Waals surface area contributed by atoms with E-state index in [1.165, 1.54) is 12.2 Å². The average molecular weight is 615 g/mol. The van der Waals surface area contributed by atoms with Gasteiger partial charge in [-0.25, -0.2) is 4.79 Å². The summed E-state index contributed by atoms with van der Waals surface area (Å²) < 4.78 is 10.9. The summed E-state index contributed by atoms with van der Waals surface area (Å²) >= 11 is 0. The van der Waals surface area contributed by atoms with E-state index < -0.39 is 53.6 Å². The Bertz CT molecular complexity index is 1170. The van der Waals surface area contributed by atoms with Gasteiger partial charge in [0.1, 0.15) is 12.6 Å². The smallest absolute Gasteiger partial charge is 0.429 e. The molecule has 1 aromatic carbocycles. The van der Waals surface area contributed by atoms with Crippen molar-refractivity contribution < 1.29 is 28.7 Å². The van der Waals surface area contributed by atoms with Gasteiger partial charge in [-0.15, -0.1) is 0 Å². The fourth-order valence-corrected chi connectivity index (χ4v) is 4.52. The van der Waals surface area contributed by atoms with Gasteiger partial charge in [0.2, 0.25) is 11.8 Å². The molecular weight excluding hydrogens is 564 g/mol. The van der Waals surface area contributed by atoms with E-state index in [1.807, 2.05) is 33.8 Å². The van der Waals surface area contributed by atoms with Crippen LogP contribution in [0, 0.1) is 11.8 Å². The zero-order chi connectivity index (χ0) is 32.9. The molecule has 0 fully saturated rings. The van der Waals surface area contributed by atoms with Crippen molar-refractivity contribution >= 4 is 23.8 Å². The lowest BCUT2D eigenvalue weighted by Gasteiger charge is -2.29.